The van der Waals surface area contributed by atoms with Gasteiger partial charge >= 0.3 is 5.97 Å². The van der Waals surface area contributed by atoms with E-state index in [0.29, 0.717) is 18.9 Å². The molecule has 0 amide bonds. The molecule has 1 heterocycles. The van der Waals surface area contributed by atoms with Crippen LogP contribution >= 0.6 is 0 Å². The number of hydrogen-bond donors (Lipinski definition) is 2. The fourth-order valence-electron chi connectivity index (χ4n) is 1.55. The molecule has 0 spiro atoms. The molecular formula is C12H19NO4. The lowest BCUT2D eigenvalue weighted by molar-refractivity contribution is 0.0661. The van der Waals surface area contributed by atoms with Crippen molar-refractivity contribution < 1.29 is 19.1 Å². The third-order valence-electron chi connectivity index (χ3n) is 2.43. The second-order valence-electron chi connectivity index (χ2n) is 3.89. The Bertz CT molecular complexity index is 373. The highest BCUT2D eigenvalue weighted by atomic mass is 16.5. The van der Waals surface area contributed by atoms with E-state index in [0.717, 1.165) is 12.1 Å². The minimum absolute atomic E-state index is 0.0165. The lowest BCUT2D eigenvalue weighted by Gasteiger charge is -2.11. The van der Waals surface area contributed by atoms with Crippen LogP contribution in [0.3, 0.4) is 0 Å². The number of furan rings is 1. The molecule has 0 saturated heterocycles. The molecule has 0 bridgehead atoms. The molecule has 5 nitrogen and oxygen atoms in total. The van der Waals surface area contributed by atoms with Gasteiger partial charge in [0.1, 0.15) is 5.76 Å². The van der Waals surface area contributed by atoms with Crippen LogP contribution in [0.15, 0.2) is 10.5 Å². The maximum absolute atomic E-state index is 10.7. The fourth-order valence-corrected chi connectivity index (χ4v) is 1.55. The van der Waals surface area contributed by atoms with Gasteiger partial charge in [-0.3, -0.25) is 0 Å². The maximum atomic E-state index is 10.7. The molecule has 2 N–H and O–H groups in total. The number of carbonyl (C=O) groups is 1. The van der Waals surface area contributed by atoms with Gasteiger partial charge in [-0.15, -0.1) is 0 Å². The van der Waals surface area contributed by atoms with Gasteiger partial charge in [0.25, 0.3) is 0 Å². The molecule has 0 aliphatic heterocycles. The number of hydrogen-bond acceptors (Lipinski definition) is 4. The fraction of sp³-hybridized carbons (Fsp3) is 0.583. The molecule has 0 fully saturated rings. The number of aromatic carboxylic acids is 1. The van der Waals surface area contributed by atoms with Crippen LogP contribution in [0, 0.1) is 6.92 Å². The minimum atomic E-state index is -1.04. The van der Waals surface area contributed by atoms with E-state index in [4.69, 9.17) is 14.3 Å². The van der Waals surface area contributed by atoms with E-state index in [9.17, 15) is 4.79 Å². The van der Waals surface area contributed by atoms with Crippen LogP contribution in [0.1, 0.15) is 35.7 Å². The van der Waals surface area contributed by atoms with E-state index in [-0.39, 0.29) is 11.9 Å². The van der Waals surface area contributed by atoms with E-state index in [1.54, 1.807) is 13.0 Å². The Labute approximate surface area is 101 Å². The van der Waals surface area contributed by atoms with Crippen molar-refractivity contribution in [3.05, 3.63) is 23.2 Å². The zero-order valence-corrected chi connectivity index (χ0v) is 10.4. The van der Waals surface area contributed by atoms with Crippen LogP contribution in [0.4, 0.5) is 0 Å². The molecule has 0 aliphatic carbocycles. The summed E-state index contributed by atoms with van der Waals surface area (Å²) in [6.07, 6.45) is 0.145. The first-order valence-electron chi connectivity index (χ1n) is 5.69. The summed E-state index contributed by atoms with van der Waals surface area (Å²) in [5.74, 6) is -0.418. The maximum Gasteiger partial charge on any atom is 0.371 e. The molecule has 0 aliphatic rings. The van der Waals surface area contributed by atoms with Crippen molar-refractivity contribution >= 4 is 5.97 Å². The van der Waals surface area contributed by atoms with Gasteiger partial charge < -0.3 is 19.6 Å². The smallest absolute Gasteiger partial charge is 0.371 e. The highest BCUT2D eigenvalue weighted by Gasteiger charge is 2.12. The standard InChI is InChI=1S/C12H19NO4/c1-4-16-8(2)6-13-7-10-5-11(12(14)15)17-9(10)3/h5,8,13H,4,6-7H2,1-3H3,(H,14,15). The van der Waals surface area contributed by atoms with Gasteiger partial charge in [-0.05, 0) is 26.8 Å². The highest BCUT2D eigenvalue weighted by Crippen LogP contribution is 2.14. The number of carboxylic acid groups (broad SMARTS) is 1. The number of carboxylic acids is 1. The zero-order chi connectivity index (χ0) is 12.8. The second-order valence-corrected chi connectivity index (χ2v) is 3.89. The summed E-state index contributed by atoms with van der Waals surface area (Å²) in [4.78, 5) is 10.7. The van der Waals surface area contributed by atoms with Crippen molar-refractivity contribution in [1.29, 1.82) is 0 Å². The quantitative estimate of drug-likeness (QED) is 0.761. The van der Waals surface area contributed by atoms with E-state index < -0.39 is 5.97 Å². The molecule has 0 radical (unpaired) electrons. The third-order valence-corrected chi connectivity index (χ3v) is 2.43. The zero-order valence-electron chi connectivity index (χ0n) is 10.4. The van der Waals surface area contributed by atoms with E-state index in [1.807, 2.05) is 13.8 Å². The van der Waals surface area contributed by atoms with Gasteiger partial charge in [0.15, 0.2) is 0 Å². The SMILES string of the molecule is CCOC(C)CNCc1cc(C(=O)O)oc1C. The third kappa shape index (κ3) is 4.20. The molecule has 1 rings (SSSR count). The summed E-state index contributed by atoms with van der Waals surface area (Å²) >= 11 is 0. The van der Waals surface area contributed by atoms with Crippen molar-refractivity contribution in [3.8, 4) is 0 Å². The number of aryl methyl sites for hydroxylation is 1. The van der Waals surface area contributed by atoms with Gasteiger partial charge in [-0.2, -0.15) is 0 Å². The van der Waals surface area contributed by atoms with Crippen molar-refractivity contribution in [2.24, 2.45) is 0 Å². The van der Waals surface area contributed by atoms with E-state index in [2.05, 4.69) is 5.32 Å². The molecule has 0 saturated carbocycles. The molecular weight excluding hydrogens is 222 g/mol. The average molecular weight is 241 g/mol. The molecule has 96 valence electrons. The van der Waals surface area contributed by atoms with Crippen LogP contribution in [0.2, 0.25) is 0 Å². The Balaban J connectivity index is 2.44. The summed E-state index contributed by atoms with van der Waals surface area (Å²) in [5.41, 5.74) is 0.867. The summed E-state index contributed by atoms with van der Waals surface area (Å²) in [6.45, 7) is 7.70. The first kappa shape index (κ1) is 13.7. The number of nitrogens with one attached hydrogen (secondary N) is 1. The van der Waals surface area contributed by atoms with E-state index >= 15 is 0 Å². The molecule has 1 aromatic heterocycles. The summed E-state index contributed by atoms with van der Waals surface area (Å²) in [6, 6.07) is 1.55. The van der Waals surface area contributed by atoms with Gasteiger partial charge in [0, 0.05) is 25.3 Å². The summed E-state index contributed by atoms with van der Waals surface area (Å²) in [7, 11) is 0. The Morgan fingerprint density at radius 2 is 2.35 bits per heavy atom. The topological polar surface area (TPSA) is 71.7 Å². The van der Waals surface area contributed by atoms with Crippen molar-refractivity contribution in [2.45, 2.75) is 33.4 Å². The van der Waals surface area contributed by atoms with Gasteiger partial charge in [0.2, 0.25) is 5.76 Å². The van der Waals surface area contributed by atoms with Crippen molar-refractivity contribution in [3.63, 3.8) is 0 Å². The van der Waals surface area contributed by atoms with Crippen LogP contribution in [0.5, 0.6) is 0 Å². The average Bonchev–Trinajstić information content (AvgIpc) is 2.61. The van der Waals surface area contributed by atoms with Crippen molar-refractivity contribution in [2.75, 3.05) is 13.2 Å². The largest absolute Gasteiger partial charge is 0.475 e. The lowest BCUT2D eigenvalue weighted by atomic mass is 10.2. The molecule has 1 aromatic rings. The predicted molar refractivity (Wildman–Crippen MR) is 63.2 cm³/mol. The molecule has 0 aromatic carbocycles. The Hall–Kier alpha value is -1.33. The number of ether oxygens (including phenoxy) is 1. The van der Waals surface area contributed by atoms with Gasteiger partial charge in [0.05, 0.1) is 6.10 Å². The highest BCUT2D eigenvalue weighted by molar-refractivity contribution is 5.84. The molecule has 5 heteroatoms. The molecule has 1 unspecified atom stereocenters. The first-order valence-corrected chi connectivity index (χ1v) is 5.69. The van der Waals surface area contributed by atoms with Gasteiger partial charge in [-0.1, -0.05) is 0 Å². The second kappa shape index (κ2) is 6.42. The van der Waals surface area contributed by atoms with Crippen molar-refractivity contribution in [1.82, 2.24) is 5.32 Å². The number of rotatable bonds is 7. The van der Waals surface area contributed by atoms with Crippen LogP contribution in [-0.2, 0) is 11.3 Å². The molecule has 1 atom stereocenters. The van der Waals surface area contributed by atoms with Crippen LogP contribution in [-0.4, -0.2) is 30.3 Å². The predicted octanol–water partition coefficient (Wildman–Crippen LogP) is 1.80. The normalized spacial score (nSPS) is 12.6. The van der Waals surface area contributed by atoms with Crippen LogP contribution < -0.4 is 5.32 Å². The van der Waals surface area contributed by atoms with E-state index in [1.165, 1.54) is 0 Å². The Kier molecular flexibility index (Phi) is 5.18. The monoisotopic (exact) mass is 241 g/mol. The lowest BCUT2D eigenvalue weighted by Crippen LogP contribution is -2.26. The first-order chi connectivity index (χ1) is 8.04. The minimum Gasteiger partial charge on any atom is -0.475 e. The Morgan fingerprint density at radius 3 is 2.88 bits per heavy atom. The summed E-state index contributed by atoms with van der Waals surface area (Å²) in [5, 5.41) is 12.0. The molecule has 17 heavy (non-hydrogen) atoms. The van der Waals surface area contributed by atoms with Gasteiger partial charge in [-0.25, -0.2) is 4.79 Å². The Morgan fingerprint density at radius 1 is 1.65 bits per heavy atom. The summed E-state index contributed by atoms with van der Waals surface area (Å²) < 4.78 is 10.5. The van der Waals surface area contributed by atoms with Crippen LogP contribution in [0.25, 0.3) is 0 Å².